The highest BCUT2D eigenvalue weighted by atomic mass is 14.6. The molecule has 0 amide bonds. The average Bonchev–Trinajstić information content (AvgIpc) is 2.04. The minimum absolute atomic E-state index is 0.512. The Balaban J connectivity index is 2.52. The van der Waals surface area contributed by atoms with Gasteiger partial charge in [-0.2, -0.15) is 0 Å². The molecule has 1 fully saturated rings. The van der Waals surface area contributed by atoms with E-state index < -0.39 is 0 Å². The van der Waals surface area contributed by atoms with E-state index in [-0.39, 0.29) is 0 Å². The highest BCUT2D eigenvalue weighted by molar-refractivity contribution is 4.84. The van der Waals surface area contributed by atoms with Crippen LogP contribution < -0.4 is 5.73 Å². The minimum Gasteiger partial charge on any atom is -0.330 e. The van der Waals surface area contributed by atoms with Crippen molar-refractivity contribution in [3.63, 3.8) is 0 Å². The molecule has 1 nitrogen and oxygen atoms in total. The van der Waals surface area contributed by atoms with Crippen LogP contribution in [0.25, 0.3) is 0 Å². The Morgan fingerprint density at radius 3 is 2.64 bits per heavy atom. The Kier molecular flexibility index (Phi) is 2.94. The maximum absolute atomic E-state index is 5.81. The van der Waals surface area contributed by atoms with Crippen molar-refractivity contribution in [3.8, 4) is 0 Å². The standard InChI is InChI=1S/C10H21N/c1-3-10(8-11)6-4-5-9(2)7-10/h9H,3-8,11H2,1-2H3. The maximum atomic E-state index is 5.81. The summed E-state index contributed by atoms with van der Waals surface area (Å²) in [5.41, 5.74) is 6.32. The van der Waals surface area contributed by atoms with E-state index in [2.05, 4.69) is 13.8 Å². The first-order chi connectivity index (χ1) is 5.22. The Hall–Kier alpha value is -0.0400. The van der Waals surface area contributed by atoms with Crippen LogP contribution in [0.1, 0.15) is 46.0 Å². The van der Waals surface area contributed by atoms with Gasteiger partial charge < -0.3 is 5.73 Å². The molecule has 0 saturated heterocycles. The molecule has 0 heterocycles. The zero-order chi connectivity index (χ0) is 8.32. The summed E-state index contributed by atoms with van der Waals surface area (Å²) >= 11 is 0. The lowest BCUT2D eigenvalue weighted by Gasteiger charge is -2.38. The lowest BCUT2D eigenvalue weighted by atomic mass is 9.69. The third-order valence-electron chi connectivity index (χ3n) is 3.37. The molecule has 1 aliphatic carbocycles. The molecule has 0 radical (unpaired) electrons. The van der Waals surface area contributed by atoms with Crippen LogP contribution in [-0.2, 0) is 0 Å². The second-order valence-corrected chi connectivity index (χ2v) is 4.26. The van der Waals surface area contributed by atoms with Crippen molar-refractivity contribution in [3.05, 3.63) is 0 Å². The first-order valence-corrected chi connectivity index (χ1v) is 4.92. The molecule has 0 aliphatic heterocycles. The fourth-order valence-electron chi connectivity index (χ4n) is 2.42. The fourth-order valence-corrected chi connectivity index (χ4v) is 2.42. The number of rotatable bonds is 2. The van der Waals surface area contributed by atoms with E-state index in [4.69, 9.17) is 5.73 Å². The molecule has 2 unspecified atom stereocenters. The second-order valence-electron chi connectivity index (χ2n) is 4.26. The number of nitrogens with two attached hydrogens (primary N) is 1. The van der Waals surface area contributed by atoms with Crippen molar-refractivity contribution in [2.45, 2.75) is 46.0 Å². The van der Waals surface area contributed by atoms with E-state index in [0.29, 0.717) is 5.41 Å². The van der Waals surface area contributed by atoms with Crippen LogP contribution in [0, 0.1) is 11.3 Å². The van der Waals surface area contributed by atoms with Gasteiger partial charge in [0.05, 0.1) is 0 Å². The van der Waals surface area contributed by atoms with Gasteiger partial charge >= 0.3 is 0 Å². The fraction of sp³-hybridized carbons (Fsp3) is 1.00. The monoisotopic (exact) mass is 155 g/mol. The quantitative estimate of drug-likeness (QED) is 0.651. The summed E-state index contributed by atoms with van der Waals surface area (Å²) < 4.78 is 0. The summed E-state index contributed by atoms with van der Waals surface area (Å²) in [5.74, 6) is 0.909. The van der Waals surface area contributed by atoms with Crippen LogP contribution in [0.4, 0.5) is 0 Å². The molecular formula is C10H21N. The van der Waals surface area contributed by atoms with E-state index in [1.165, 1.54) is 32.1 Å². The molecule has 1 saturated carbocycles. The molecule has 0 bridgehead atoms. The van der Waals surface area contributed by atoms with E-state index in [1.807, 2.05) is 0 Å². The van der Waals surface area contributed by atoms with Crippen molar-refractivity contribution < 1.29 is 0 Å². The molecule has 66 valence electrons. The summed E-state index contributed by atoms with van der Waals surface area (Å²) in [4.78, 5) is 0. The van der Waals surface area contributed by atoms with Crippen LogP contribution >= 0.6 is 0 Å². The molecule has 1 rings (SSSR count). The van der Waals surface area contributed by atoms with Gasteiger partial charge in [-0.05, 0) is 37.1 Å². The van der Waals surface area contributed by atoms with Gasteiger partial charge in [0, 0.05) is 0 Å². The third-order valence-corrected chi connectivity index (χ3v) is 3.37. The lowest BCUT2D eigenvalue weighted by Crippen LogP contribution is -2.34. The minimum atomic E-state index is 0.512. The van der Waals surface area contributed by atoms with Gasteiger partial charge in [-0.1, -0.05) is 26.7 Å². The first kappa shape index (κ1) is 9.05. The predicted octanol–water partition coefficient (Wildman–Crippen LogP) is 2.55. The smallest absolute Gasteiger partial charge is 0.00205 e. The highest BCUT2D eigenvalue weighted by Gasteiger charge is 2.31. The zero-order valence-electron chi connectivity index (χ0n) is 7.90. The first-order valence-electron chi connectivity index (χ1n) is 4.92. The summed E-state index contributed by atoms with van der Waals surface area (Å²) in [7, 11) is 0. The SMILES string of the molecule is CCC1(CN)CCCC(C)C1. The normalized spacial score (nSPS) is 39.0. The van der Waals surface area contributed by atoms with Gasteiger partial charge in [0.2, 0.25) is 0 Å². The molecular weight excluding hydrogens is 134 g/mol. The lowest BCUT2D eigenvalue weighted by molar-refractivity contribution is 0.148. The molecule has 0 aromatic heterocycles. The van der Waals surface area contributed by atoms with E-state index in [0.717, 1.165) is 12.5 Å². The Morgan fingerprint density at radius 1 is 1.55 bits per heavy atom. The third kappa shape index (κ3) is 1.96. The number of hydrogen-bond acceptors (Lipinski definition) is 1. The van der Waals surface area contributed by atoms with Crippen LogP contribution in [-0.4, -0.2) is 6.54 Å². The molecule has 0 aromatic rings. The summed E-state index contributed by atoms with van der Waals surface area (Å²) in [6, 6.07) is 0. The molecule has 1 aliphatic rings. The Labute approximate surface area is 70.4 Å². The summed E-state index contributed by atoms with van der Waals surface area (Å²) in [5, 5.41) is 0. The number of hydrogen-bond donors (Lipinski definition) is 1. The van der Waals surface area contributed by atoms with Gasteiger partial charge in [-0.25, -0.2) is 0 Å². The van der Waals surface area contributed by atoms with E-state index in [1.54, 1.807) is 0 Å². The van der Waals surface area contributed by atoms with E-state index in [9.17, 15) is 0 Å². The van der Waals surface area contributed by atoms with Crippen LogP contribution in [0.15, 0.2) is 0 Å². The zero-order valence-corrected chi connectivity index (χ0v) is 7.90. The van der Waals surface area contributed by atoms with Crippen molar-refractivity contribution in [1.82, 2.24) is 0 Å². The van der Waals surface area contributed by atoms with Gasteiger partial charge in [-0.3, -0.25) is 0 Å². The van der Waals surface area contributed by atoms with Crippen molar-refractivity contribution in [2.24, 2.45) is 17.1 Å². The molecule has 0 spiro atoms. The molecule has 2 N–H and O–H groups in total. The molecule has 1 heteroatoms. The Bertz CT molecular complexity index is 116. The van der Waals surface area contributed by atoms with E-state index >= 15 is 0 Å². The van der Waals surface area contributed by atoms with Crippen LogP contribution in [0.5, 0.6) is 0 Å². The average molecular weight is 155 g/mol. The summed E-state index contributed by atoms with van der Waals surface area (Å²) in [6.45, 7) is 5.54. The van der Waals surface area contributed by atoms with Crippen molar-refractivity contribution >= 4 is 0 Å². The van der Waals surface area contributed by atoms with Crippen molar-refractivity contribution in [2.75, 3.05) is 6.54 Å². The van der Waals surface area contributed by atoms with Crippen molar-refractivity contribution in [1.29, 1.82) is 0 Å². The second kappa shape index (κ2) is 3.57. The van der Waals surface area contributed by atoms with Gasteiger partial charge in [0.1, 0.15) is 0 Å². The van der Waals surface area contributed by atoms with Gasteiger partial charge in [0.15, 0.2) is 0 Å². The maximum Gasteiger partial charge on any atom is -0.00205 e. The topological polar surface area (TPSA) is 26.0 Å². The molecule has 0 aromatic carbocycles. The Morgan fingerprint density at radius 2 is 2.27 bits per heavy atom. The van der Waals surface area contributed by atoms with Gasteiger partial charge in [-0.15, -0.1) is 0 Å². The summed E-state index contributed by atoms with van der Waals surface area (Å²) in [6.07, 6.45) is 6.81. The molecule has 11 heavy (non-hydrogen) atoms. The van der Waals surface area contributed by atoms with Gasteiger partial charge in [0.25, 0.3) is 0 Å². The van der Waals surface area contributed by atoms with Crippen LogP contribution in [0.3, 0.4) is 0 Å². The van der Waals surface area contributed by atoms with Crippen LogP contribution in [0.2, 0.25) is 0 Å². The molecule has 2 atom stereocenters. The predicted molar refractivity (Wildman–Crippen MR) is 49.4 cm³/mol. The highest BCUT2D eigenvalue weighted by Crippen LogP contribution is 2.40. The largest absolute Gasteiger partial charge is 0.330 e.